The molecular weight excluding hydrogens is 256 g/mol. The zero-order valence-electron chi connectivity index (χ0n) is 9.85. The van der Waals surface area contributed by atoms with Gasteiger partial charge in [-0.05, 0) is 37.8 Å². The maximum atomic E-state index is 10.8. The number of halogens is 1. The third kappa shape index (κ3) is 4.11. The van der Waals surface area contributed by atoms with Crippen molar-refractivity contribution in [2.24, 2.45) is 11.3 Å². The number of carbonyl (C=O) groups is 1. The highest BCUT2D eigenvalue weighted by Crippen LogP contribution is 2.32. The van der Waals surface area contributed by atoms with Crippen LogP contribution in [0.2, 0.25) is 0 Å². The van der Waals surface area contributed by atoms with Crippen molar-refractivity contribution in [1.29, 1.82) is 0 Å². The first kappa shape index (κ1) is 13.0. The van der Waals surface area contributed by atoms with Crippen molar-refractivity contribution in [3.05, 3.63) is 0 Å². The monoisotopic (exact) mass is 276 g/mol. The maximum Gasteiger partial charge on any atom is 0.287 e. The summed E-state index contributed by atoms with van der Waals surface area (Å²) in [6, 6.07) is 0. The Morgan fingerprint density at radius 2 is 2.27 bits per heavy atom. The van der Waals surface area contributed by atoms with E-state index in [2.05, 4.69) is 47.0 Å². The van der Waals surface area contributed by atoms with Gasteiger partial charge in [0.05, 0.1) is 0 Å². The van der Waals surface area contributed by atoms with Crippen LogP contribution in [0.4, 0.5) is 4.79 Å². The highest BCUT2D eigenvalue weighted by Gasteiger charge is 2.32. The summed E-state index contributed by atoms with van der Waals surface area (Å²) >= 11 is 2.90. The Labute approximate surface area is 101 Å². The van der Waals surface area contributed by atoms with Gasteiger partial charge in [0.15, 0.2) is 0 Å². The summed E-state index contributed by atoms with van der Waals surface area (Å²) in [6.07, 6.45) is 2.54. The number of hydrogen-bond donors (Lipinski definition) is 1. The minimum Gasteiger partial charge on any atom is -0.346 e. The molecule has 0 aromatic heterocycles. The van der Waals surface area contributed by atoms with E-state index in [-0.39, 0.29) is 10.2 Å². The molecule has 1 aliphatic rings. The lowest BCUT2D eigenvalue weighted by molar-refractivity contribution is 0.105. The molecule has 0 spiro atoms. The minimum absolute atomic E-state index is 0.111. The van der Waals surface area contributed by atoms with Crippen LogP contribution in [0.5, 0.6) is 0 Å². The molecule has 15 heavy (non-hydrogen) atoms. The Kier molecular flexibility index (Phi) is 4.59. The van der Waals surface area contributed by atoms with Gasteiger partial charge in [-0.15, -0.1) is 0 Å². The molecule has 1 amide bonds. The Balaban J connectivity index is 2.47. The minimum atomic E-state index is -0.111. The van der Waals surface area contributed by atoms with E-state index in [0.717, 1.165) is 13.1 Å². The maximum absolute atomic E-state index is 10.8. The number of rotatable bonds is 3. The second-order valence-electron chi connectivity index (χ2n) is 5.22. The molecule has 4 heteroatoms. The van der Waals surface area contributed by atoms with Crippen molar-refractivity contribution in [1.82, 2.24) is 10.2 Å². The standard InChI is InChI=1S/C11H21BrN2O/c1-11(2,8-13-10(12)15)9-5-4-6-14(3)7-9/h9H,4-8H2,1-3H3,(H,13,15). The van der Waals surface area contributed by atoms with E-state index in [9.17, 15) is 4.79 Å². The average Bonchev–Trinajstić information content (AvgIpc) is 2.15. The smallest absolute Gasteiger partial charge is 0.287 e. The van der Waals surface area contributed by atoms with Crippen molar-refractivity contribution in [2.45, 2.75) is 26.7 Å². The molecular formula is C11H21BrN2O. The Morgan fingerprint density at radius 1 is 1.60 bits per heavy atom. The molecule has 0 aliphatic carbocycles. The number of amides is 1. The van der Waals surface area contributed by atoms with Gasteiger partial charge in [-0.25, -0.2) is 0 Å². The van der Waals surface area contributed by atoms with Gasteiger partial charge in [0.1, 0.15) is 0 Å². The predicted molar refractivity (Wildman–Crippen MR) is 66.3 cm³/mol. The van der Waals surface area contributed by atoms with Gasteiger partial charge >= 0.3 is 0 Å². The molecule has 1 heterocycles. The van der Waals surface area contributed by atoms with Crippen LogP contribution >= 0.6 is 15.9 Å². The van der Waals surface area contributed by atoms with Crippen molar-refractivity contribution in [3.63, 3.8) is 0 Å². The predicted octanol–water partition coefficient (Wildman–Crippen LogP) is 2.46. The van der Waals surface area contributed by atoms with E-state index < -0.39 is 0 Å². The van der Waals surface area contributed by atoms with Crippen molar-refractivity contribution in [2.75, 3.05) is 26.7 Å². The third-order valence-electron chi connectivity index (χ3n) is 3.41. The van der Waals surface area contributed by atoms with Crippen LogP contribution in [0.25, 0.3) is 0 Å². The summed E-state index contributed by atoms with van der Waals surface area (Å²) in [4.78, 5) is 13.1. The quantitative estimate of drug-likeness (QED) is 0.635. The second-order valence-corrected chi connectivity index (χ2v) is 5.94. The SMILES string of the molecule is CN1CCCC(C(C)(C)CNC(=O)Br)C1. The van der Waals surface area contributed by atoms with Gasteiger partial charge < -0.3 is 10.2 Å². The molecule has 1 atom stereocenters. The van der Waals surface area contributed by atoms with Crippen LogP contribution in [0.3, 0.4) is 0 Å². The molecule has 0 bridgehead atoms. The number of likely N-dealkylation sites (tertiary alicyclic amines) is 1. The highest BCUT2D eigenvalue weighted by atomic mass is 79.9. The summed E-state index contributed by atoms with van der Waals surface area (Å²) in [7, 11) is 2.17. The van der Waals surface area contributed by atoms with Crippen molar-refractivity contribution in [3.8, 4) is 0 Å². The zero-order chi connectivity index (χ0) is 11.5. The molecule has 3 nitrogen and oxygen atoms in total. The summed E-state index contributed by atoms with van der Waals surface area (Å²) in [5.41, 5.74) is 0.179. The highest BCUT2D eigenvalue weighted by molar-refractivity contribution is 9.18. The van der Waals surface area contributed by atoms with Gasteiger partial charge in [-0.3, -0.25) is 4.79 Å². The normalized spacial score (nSPS) is 23.9. The van der Waals surface area contributed by atoms with E-state index >= 15 is 0 Å². The van der Waals surface area contributed by atoms with Gasteiger partial charge in [-0.2, -0.15) is 0 Å². The number of carbonyl (C=O) groups excluding carboxylic acids is 1. The Bertz CT molecular complexity index is 231. The summed E-state index contributed by atoms with van der Waals surface area (Å²) < 4.78 is 0. The lowest BCUT2D eigenvalue weighted by atomic mass is 9.74. The van der Waals surface area contributed by atoms with Crippen molar-refractivity contribution < 1.29 is 4.79 Å². The summed E-state index contributed by atoms with van der Waals surface area (Å²) in [5, 5.41) is 2.86. The largest absolute Gasteiger partial charge is 0.346 e. The molecule has 1 fully saturated rings. The van der Waals surface area contributed by atoms with Crippen LogP contribution in [-0.4, -0.2) is 36.4 Å². The molecule has 1 rings (SSSR count). The molecule has 0 aromatic rings. The molecule has 0 aromatic carbocycles. The fourth-order valence-electron chi connectivity index (χ4n) is 2.25. The molecule has 0 saturated carbocycles. The van der Waals surface area contributed by atoms with Gasteiger partial charge in [0.2, 0.25) is 0 Å². The topological polar surface area (TPSA) is 32.3 Å². The lowest BCUT2D eigenvalue weighted by Gasteiger charge is -2.40. The van der Waals surface area contributed by atoms with Gasteiger partial charge in [-0.1, -0.05) is 13.8 Å². The Hall–Kier alpha value is -0.0900. The number of hydrogen-bond acceptors (Lipinski definition) is 2. The number of piperidine rings is 1. The van der Waals surface area contributed by atoms with Crippen LogP contribution in [0, 0.1) is 11.3 Å². The fourth-order valence-corrected chi connectivity index (χ4v) is 2.39. The number of nitrogens with zero attached hydrogens (tertiary/aromatic N) is 1. The molecule has 1 aliphatic heterocycles. The first-order chi connectivity index (χ1) is 6.92. The van der Waals surface area contributed by atoms with E-state index in [4.69, 9.17) is 0 Å². The molecule has 1 N–H and O–H groups in total. The molecule has 1 saturated heterocycles. The first-order valence-electron chi connectivity index (χ1n) is 5.54. The zero-order valence-corrected chi connectivity index (χ0v) is 11.4. The van der Waals surface area contributed by atoms with Crippen LogP contribution in [0.15, 0.2) is 0 Å². The van der Waals surface area contributed by atoms with Crippen LogP contribution < -0.4 is 5.32 Å². The van der Waals surface area contributed by atoms with Gasteiger partial charge in [0, 0.05) is 29.0 Å². The van der Waals surface area contributed by atoms with E-state index in [0.29, 0.717) is 5.92 Å². The second kappa shape index (κ2) is 5.30. The van der Waals surface area contributed by atoms with Crippen LogP contribution in [-0.2, 0) is 0 Å². The molecule has 1 unspecified atom stereocenters. The lowest BCUT2D eigenvalue weighted by Crippen LogP contribution is -2.44. The average molecular weight is 277 g/mol. The molecule has 0 radical (unpaired) electrons. The van der Waals surface area contributed by atoms with E-state index in [1.807, 2.05) is 0 Å². The summed E-state index contributed by atoms with van der Waals surface area (Å²) in [5.74, 6) is 0.676. The van der Waals surface area contributed by atoms with Gasteiger partial charge in [0.25, 0.3) is 4.82 Å². The van der Waals surface area contributed by atoms with Crippen molar-refractivity contribution >= 4 is 20.7 Å². The Morgan fingerprint density at radius 3 is 2.80 bits per heavy atom. The third-order valence-corrected chi connectivity index (χ3v) is 3.69. The number of nitrogens with one attached hydrogen (secondary N) is 1. The fraction of sp³-hybridized carbons (Fsp3) is 0.909. The van der Waals surface area contributed by atoms with E-state index in [1.54, 1.807) is 0 Å². The first-order valence-corrected chi connectivity index (χ1v) is 6.33. The van der Waals surface area contributed by atoms with Crippen LogP contribution in [0.1, 0.15) is 26.7 Å². The molecule has 88 valence electrons. The van der Waals surface area contributed by atoms with E-state index in [1.165, 1.54) is 19.4 Å². The summed E-state index contributed by atoms with van der Waals surface area (Å²) in [6.45, 7) is 7.57.